The van der Waals surface area contributed by atoms with Gasteiger partial charge in [-0.3, -0.25) is 0 Å². The van der Waals surface area contributed by atoms with Crippen LogP contribution in [0.5, 0.6) is 0 Å². The van der Waals surface area contributed by atoms with Crippen LogP contribution in [-0.4, -0.2) is 0 Å². The fourth-order valence-electron chi connectivity index (χ4n) is 2.09. The van der Waals surface area contributed by atoms with Crippen molar-refractivity contribution in [3.63, 3.8) is 0 Å². The van der Waals surface area contributed by atoms with Gasteiger partial charge in [-0.2, -0.15) is 0 Å². The Morgan fingerprint density at radius 2 is 1.44 bits per heavy atom. The van der Waals surface area contributed by atoms with Gasteiger partial charge in [-0.1, -0.05) is 66.4 Å². The summed E-state index contributed by atoms with van der Waals surface area (Å²) in [4.78, 5) is 2.65. The molecule has 1 heteroatoms. The summed E-state index contributed by atoms with van der Waals surface area (Å²) in [5.74, 6) is 0. The molecule has 18 heavy (non-hydrogen) atoms. The van der Waals surface area contributed by atoms with Gasteiger partial charge in [0.25, 0.3) is 0 Å². The Kier molecular flexibility index (Phi) is 3.07. The maximum atomic E-state index is 2.20. The van der Waals surface area contributed by atoms with E-state index in [9.17, 15) is 0 Å². The molecular formula is C17H14S. The topological polar surface area (TPSA) is 0 Å². The molecule has 0 heterocycles. The second-order valence-corrected chi connectivity index (χ2v) is 5.43. The highest BCUT2D eigenvalue weighted by Gasteiger charge is 2.05. The van der Waals surface area contributed by atoms with Crippen LogP contribution >= 0.6 is 11.8 Å². The first-order valence-electron chi connectivity index (χ1n) is 6.06. The van der Waals surface area contributed by atoms with Crippen molar-refractivity contribution in [2.24, 2.45) is 0 Å². The zero-order valence-corrected chi connectivity index (χ0v) is 11.1. The van der Waals surface area contributed by atoms with Crippen molar-refractivity contribution in [2.45, 2.75) is 16.7 Å². The Bertz CT molecular complexity index is 672. The van der Waals surface area contributed by atoms with Gasteiger partial charge in [0.05, 0.1) is 0 Å². The lowest BCUT2D eigenvalue weighted by Gasteiger charge is -2.09. The molecule has 3 aromatic rings. The minimum Gasteiger partial charge on any atom is -0.0892 e. The number of aryl methyl sites for hydroxylation is 1. The van der Waals surface area contributed by atoms with Crippen LogP contribution in [0, 0.1) is 6.92 Å². The maximum absolute atomic E-state index is 2.20. The van der Waals surface area contributed by atoms with Crippen LogP contribution < -0.4 is 0 Å². The van der Waals surface area contributed by atoms with Gasteiger partial charge in [-0.05, 0) is 35.4 Å². The zero-order chi connectivity index (χ0) is 12.4. The van der Waals surface area contributed by atoms with E-state index in [0.717, 1.165) is 0 Å². The quantitative estimate of drug-likeness (QED) is 0.594. The van der Waals surface area contributed by atoms with E-state index in [1.165, 1.54) is 26.1 Å². The summed E-state index contributed by atoms with van der Waals surface area (Å²) in [5.41, 5.74) is 1.34. The van der Waals surface area contributed by atoms with Crippen molar-refractivity contribution in [3.8, 4) is 0 Å². The molecule has 0 N–H and O–H groups in total. The van der Waals surface area contributed by atoms with Crippen molar-refractivity contribution in [3.05, 3.63) is 72.3 Å². The van der Waals surface area contributed by atoms with E-state index in [1.54, 1.807) is 0 Å². The van der Waals surface area contributed by atoms with Crippen LogP contribution in [0.1, 0.15) is 5.56 Å². The Labute approximate surface area is 112 Å². The van der Waals surface area contributed by atoms with Gasteiger partial charge in [-0.25, -0.2) is 0 Å². The summed E-state index contributed by atoms with van der Waals surface area (Å²) >= 11 is 1.84. The monoisotopic (exact) mass is 250 g/mol. The molecule has 0 spiro atoms. The van der Waals surface area contributed by atoms with Crippen LogP contribution in [-0.2, 0) is 0 Å². The number of hydrogen-bond donors (Lipinski definition) is 0. The first kappa shape index (κ1) is 11.4. The average molecular weight is 250 g/mol. The molecule has 3 rings (SSSR count). The fourth-order valence-corrected chi connectivity index (χ4v) is 3.15. The van der Waals surface area contributed by atoms with Crippen molar-refractivity contribution >= 4 is 22.5 Å². The van der Waals surface area contributed by atoms with Gasteiger partial charge in [0.15, 0.2) is 0 Å². The van der Waals surface area contributed by atoms with Gasteiger partial charge in [0, 0.05) is 9.79 Å². The molecule has 0 aliphatic heterocycles. The van der Waals surface area contributed by atoms with E-state index in [4.69, 9.17) is 0 Å². The highest BCUT2D eigenvalue weighted by Crippen LogP contribution is 2.35. The van der Waals surface area contributed by atoms with Gasteiger partial charge in [-0.15, -0.1) is 0 Å². The molecule has 0 atom stereocenters. The summed E-state index contributed by atoms with van der Waals surface area (Å²) in [7, 11) is 0. The second-order valence-electron chi connectivity index (χ2n) is 4.35. The largest absolute Gasteiger partial charge is 0.0892 e. The number of hydrogen-bond acceptors (Lipinski definition) is 1. The second kappa shape index (κ2) is 4.87. The molecule has 0 saturated carbocycles. The molecule has 0 nitrogen and oxygen atoms in total. The zero-order valence-electron chi connectivity index (χ0n) is 10.3. The molecule has 0 aliphatic rings. The lowest BCUT2D eigenvalue weighted by Crippen LogP contribution is -1.83. The summed E-state index contributed by atoms with van der Waals surface area (Å²) in [6, 6.07) is 23.5. The Morgan fingerprint density at radius 3 is 2.28 bits per heavy atom. The molecule has 0 amide bonds. The Hall–Kier alpha value is -1.73. The van der Waals surface area contributed by atoms with Crippen molar-refractivity contribution in [1.82, 2.24) is 0 Å². The minimum atomic E-state index is 1.29. The summed E-state index contributed by atoms with van der Waals surface area (Å²) in [5, 5.41) is 2.65. The van der Waals surface area contributed by atoms with Crippen molar-refractivity contribution in [2.75, 3.05) is 0 Å². The SMILES string of the molecule is Cc1ccc2ccccc2c1Sc1ccccc1. The molecule has 0 bridgehead atoms. The van der Waals surface area contributed by atoms with Gasteiger partial charge < -0.3 is 0 Å². The molecule has 0 aliphatic carbocycles. The van der Waals surface area contributed by atoms with Crippen LogP contribution in [0.3, 0.4) is 0 Å². The molecule has 3 aromatic carbocycles. The van der Waals surface area contributed by atoms with Crippen molar-refractivity contribution < 1.29 is 0 Å². The van der Waals surface area contributed by atoms with E-state index >= 15 is 0 Å². The number of benzene rings is 3. The molecule has 0 radical (unpaired) electrons. The summed E-state index contributed by atoms with van der Waals surface area (Å²) in [6.45, 7) is 2.18. The smallest absolute Gasteiger partial charge is 0.0230 e. The third-order valence-electron chi connectivity index (χ3n) is 3.04. The Balaban J connectivity index is 2.13. The highest BCUT2D eigenvalue weighted by atomic mass is 32.2. The van der Waals surface area contributed by atoms with E-state index in [-0.39, 0.29) is 0 Å². The number of rotatable bonds is 2. The van der Waals surface area contributed by atoms with Gasteiger partial charge >= 0.3 is 0 Å². The van der Waals surface area contributed by atoms with E-state index in [0.29, 0.717) is 0 Å². The molecule has 88 valence electrons. The first-order valence-corrected chi connectivity index (χ1v) is 6.87. The highest BCUT2D eigenvalue weighted by molar-refractivity contribution is 7.99. The minimum absolute atomic E-state index is 1.29. The van der Waals surface area contributed by atoms with E-state index in [2.05, 4.69) is 73.7 Å². The third-order valence-corrected chi connectivity index (χ3v) is 4.29. The van der Waals surface area contributed by atoms with E-state index < -0.39 is 0 Å². The van der Waals surface area contributed by atoms with Crippen LogP contribution in [0.2, 0.25) is 0 Å². The Morgan fingerprint density at radius 1 is 0.722 bits per heavy atom. The van der Waals surface area contributed by atoms with Crippen LogP contribution in [0.4, 0.5) is 0 Å². The lowest BCUT2D eigenvalue weighted by atomic mass is 10.1. The van der Waals surface area contributed by atoms with Crippen LogP contribution in [0.15, 0.2) is 76.5 Å². The first-order chi connectivity index (χ1) is 8.84. The lowest BCUT2D eigenvalue weighted by molar-refractivity contribution is 1.34. The normalized spacial score (nSPS) is 10.7. The number of fused-ring (bicyclic) bond motifs is 1. The molecular weight excluding hydrogens is 236 g/mol. The molecule has 0 aromatic heterocycles. The van der Waals surface area contributed by atoms with Gasteiger partial charge in [0.1, 0.15) is 0 Å². The predicted octanol–water partition coefficient (Wildman–Crippen LogP) is 5.30. The average Bonchev–Trinajstić information content (AvgIpc) is 2.43. The fraction of sp³-hybridized carbons (Fsp3) is 0.0588. The molecule has 0 unspecified atom stereocenters. The van der Waals surface area contributed by atoms with Crippen molar-refractivity contribution in [1.29, 1.82) is 0 Å². The molecule has 0 fully saturated rings. The summed E-state index contributed by atoms with van der Waals surface area (Å²) in [6.07, 6.45) is 0. The predicted molar refractivity (Wildman–Crippen MR) is 79.3 cm³/mol. The maximum Gasteiger partial charge on any atom is 0.0230 e. The van der Waals surface area contributed by atoms with Gasteiger partial charge in [0.2, 0.25) is 0 Å². The standard InChI is InChI=1S/C17H14S/c1-13-11-12-14-7-5-6-10-16(14)17(13)18-15-8-3-2-4-9-15/h2-12H,1H3. The van der Waals surface area contributed by atoms with E-state index in [1.807, 2.05) is 11.8 Å². The van der Waals surface area contributed by atoms with Crippen LogP contribution in [0.25, 0.3) is 10.8 Å². The molecule has 0 saturated heterocycles. The third kappa shape index (κ3) is 2.14. The summed E-state index contributed by atoms with van der Waals surface area (Å²) < 4.78 is 0.